The van der Waals surface area contributed by atoms with Crippen LogP contribution in [-0.4, -0.2) is 133 Å². The average molecular weight is 573 g/mol. The van der Waals surface area contributed by atoms with Crippen LogP contribution < -0.4 is 15.1 Å². The second-order valence-corrected chi connectivity index (χ2v) is 11.4. The molecule has 0 radical (unpaired) electrons. The number of carbonyl (C=O) groups excluding carboxylic acids is 2. The summed E-state index contributed by atoms with van der Waals surface area (Å²) in [6.07, 6.45) is 2.18. The summed E-state index contributed by atoms with van der Waals surface area (Å²) in [6.45, 7) is 11.8. The molecule has 2 aromatic rings. The molecular weight excluding hydrogens is 532 g/mol. The highest BCUT2D eigenvalue weighted by Gasteiger charge is 2.28. The summed E-state index contributed by atoms with van der Waals surface area (Å²) >= 11 is 1.24. The van der Waals surface area contributed by atoms with E-state index in [1.165, 1.54) is 11.3 Å². The standard InChI is InChI=1S/C26H40N10O3S/c1-5-39-23(37)22-19(2)27-25(40-22)30-24-28-20(18-21(29-24)33-14-16-36(17-15-33)31(3)4)32-10-12-35(13-11-32)26(38)34-8-6-7-9-34/h18H,5-17H2,1-4H3,(H,27,28,29,30). The number of thiazole rings is 1. The van der Waals surface area contributed by atoms with Gasteiger partial charge in [0.2, 0.25) is 5.95 Å². The highest BCUT2D eigenvalue weighted by atomic mass is 32.1. The van der Waals surface area contributed by atoms with Crippen LogP contribution in [0.2, 0.25) is 0 Å². The Morgan fingerprint density at radius 1 is 0.900 bits per heavy atom. The maximum atomic E-state index is 12.9. The van der Waals surface area contributed by atoms with Crippen molar-refractivity contribution in [3.05, 3.63) is 16.6 Å². The van der Waals surface area contributed by atoms with E-state index in [0.717, 1.165) is 63.7 Å². The number of amides is 2. The van der Waals surface area contributed by atoms with E-state index in [2.05, 4.69) is 44.2 Å². The zero-order valence-electron chi connectivity index (χ0n) is 23.9. The highest BCUT2D eigenvalue weighted by molar-refractivity contribution is 7.17. The first-order chi connectivity index (χ1) is 19.3. The Morgan fingerprint density at radius 2 is 1.48 bits per heavy atom. The summed E-state index contributed by atoms with van der Waals surface area (Å²) in [4.78, 5) is 48.4. The molecule has 3 aliphatic heterocycles. The second kappa shape index (κ2) is 12.5. The average Bonchev–Trinajstić information content (AvgIpc) is 3.63. The smallest absolute Gasteiger partial charge is 0.350 e. The van der Waals surface area contributed by atoms with Crippen molar-refractivity contribution >= 4 is 46.1 Å². The van der Waals surface area contributed by atoms with E-state index < -0.39 is 0 Å². The fraction of sp³-hybridized carbons (Fsp3) is 0.654. The van der Waals surface area contributed by atoms with Gasteiger partial charge in [-0.25, -0.2) is 24.6 Å². The van der Waals surface area contributed by atoms with Crippen LogP contribution in [0.5, 0.6) is 0 Å². The van der Waals surface area contributed by atoms with Crippen LogP contribution in [-0.2, 0) is 4.74 Å². The number of esters is 1. The third kappa shape index (κ3) is 6.39. The van der Waals surface area contributed by atoms with Crippen LogP contribution in [0.1, 0.15) is 35.1 Å². The van der Waals surface area contributed by atoms with E-state index in [-0.39, 0.29) is 12.0 Å². The number of hydrogen-bond donors (Lipinski definition) is 1. The number of hydrogen-bond acceptors (Lipinski definition) is 12. The molecule has 0 unspecified atom stereocenters. The SMILES string of the molecule is CCOC(=O)c1sc(Nc2nc(N3CCN(C(=O)N4CCCC4)CC3)cc(N3CCN(N(C)C)CC3)n2)nc1C. The molecule has 3 aliphatic rings. The molecule has 0 aromatic carbocycles. The van der Waals surface area contributed by atoms with Crippen LogP contribution in [0.3, 0.4) is 0 Å². The Balaban J connectivity index is 1.35. The zero-order chi connectivity index (χ0) is 28.2. The molecule has 2 amide bonds. The van der Waals surface area contributed by atoms with Crippen LogP contribution in [0.25, 0.3) is 0 Å². The number of nitrogens with zero attached hydrogens (tertiary/aromatic N) is 9. The molecule has 0 atom stereocenters. The van der Waals surface area contributed by atoms with Gasteiger partial charge in [0.05, 0.1) is 12.3 Å². The maximum Gasteiger partial charge on any atom is 0.350 e. The van der Waals surface area contributed by atoms with Gasteiger partial charge < -0.3 is 24.3 Å². The zero-order valence-corrected chi connectivity index (χ0v) is 24.7. The third-order valence-electron chi connectivity index (χ3n) is 7.57. The first-order valence-corrected chi connectivity index (χ1v) is 14.9. The number of anilines is 4. The summed E-state index contributed by atoms with van der Waals surface area (Å²) in [6, 6.07) is 2.20. The van der Waals surface area contributed by atoms with Gasteiger partial charge in [0.1, 0.15) is 16.5 Å². The molecule has 1 N–H and O–H groups in total. The van der Waals surface area contributed by atoms with Gasteiger partial charge in [-0.3, -0.25) is 5.32 Å². The first-order valence-electron chi connectivity index (χ1n) is 14.1. The normalized spacial score (nSPS) is 18.5. The van der Waals surface area contributed by atoms with E-state index in [1.807, 2.05) is 15.9 Å². The second-order valence-electron chi connectivity index (χ2n) is 10.4. The Hall–Kier alpha value is -3.23. The molecule has 0 bridgehead atoms. The minimum atomic E-state index is -0.374. The maximum absolute atomic E-state index is 12.9. The van der Waals surface area contributed by atoms with E-state index in [0.29, 0.717) is 54.4 Å². The summed E-state index contributed by atoms with van der Waals surface area (Å²) < 4.78 is 5.17. The number of nitrogens with one attached hydrogen (secondary N) is 1. The molecule has 5 heterocycles. The van der Waals surface area contributed by atoms with Gasteiger partial charge >= 0.3 is 12.0 Å². The largest absolute Gasteiger partial charge is 0.462 e. The Morgan fingerprint density at radius 3 is 2.05 bits per heavy atom. The minimum Gasteiger partial charge on any atom is -0.462 e. The third-order valence-corrected chi connectivity index (χ3v) is 8.62. The van der Waals surface area contributed by atoms with Crippen molar-refractivity contribution in [3.63, 3.8) is 0 Å². The number of piperazine rings is 2. The quantitative estimate of drug-likeness (QED) is 0.492. The highest BCUT2D eigenvalue weighted by Crippen LogP contribution is 2.29. The van der Waals surface area contributed by atoms with Crippen molar-refractivity contribution in [2.45, 2.75) is 26.7 Å². The Bertz CT molecular complexity index is 1190. The molecule has 0 spiro atoms. The Kier molecular flexibility index (Phi) is 8.86. The summed E-state index contributed by atoms with van der Waals surface area (Å²) in [5.41, 5.74) is 0.612. The molecule has 14 heteroatoms. The Labute approximate surface area is 239 Å². The molecular formula is C26H40N10O3S. The summed E-state index contributed by atoms with van der Waals surface area (Å²) in [7, 11) is 4.13. The van der Waals surface area contributed by atoms with Crippen molar-refractivity contribution in [3.8, 4) is 0 Å². The fourth-order valence-electron chi connectivity index (χ4n) is 5.29. The van der Waals surface area contributed by atoms with Crippen LogP contribution in [0.4, 0.5) is 27.5 Å². The molecule has 3 fully saturated rings. The van der Waals surface area contributed by atoms with Crippen molar-refractivity contribution in [2.75, 3.05) is 101 Å². The monoisotopic (exact) mass is 572 g/mol. The van der Waals surface area contributed by atoms with Gasteiger partial charge in [-0.05, 0) is 26.7 Å². The number of carbonyl (C=O) groups is 2. The number of ether oxygens (including phenoxy) is 1. The van der Waals surface area contributed by atoms with Gasteiger partial charge in [-0.1, -0.05) is 11.3 Å². The van der Waals surface area contributed by atoms with E-state index in [4.69, 9.17) is 14.7 Å². The van der Waals surface area contributed by atoms with Crippen molar-refractivity contribution in [1.29, 1.82) is 0 Å². The van der Waals surface area contributed by atoms with Gasteiger partial charge in [0.15, 0.2) is 5.13 Å². The minimum absolute atomic E-state index is 0.151. The molecule has 2 aromatic heterocycles. The fourth-order valence-corrected chi connectivity index (χ4v) is 6.15. The first kappa shape index (κ1) is 28.3. The number of aromatic nitrogens is 3. The van der Waals surface area contributed by atoms with Crippen LogP contribution in [0.15, 0.2) is 6.07 Å². The van der Waals surface area contributed by atoms with Gasteiger partial charge in [0.25, 0.3) is 0 Å². The molecule has 0 saturated carbocycles. The molecule has 218 valence electrons. The molecule has 0 aliphatic carbocycles. The number of urea groups is 1. The topological polar surface area (TPSA) is 114 Å². The van der Waals surface area contributed by atoms with Crippen molar-refractivity contribution < 1.29 is 14.3 Å². The van der Waals surface area contributed by atoms with Gasteiger partial charge in [0, 0.05) is 85.6 Å². The number of likely N-dealkylation sites (tertiary alicyclic amines) is 1. The molecule has 40 heavy (non-hydrogen) atoms. The number of aryl methyl sites for hydroxylation is 1. The van der Waals surface area contributed by atoms with Gasteiger partial charge in [-0.2, -0.15) is 9.97 Å². The van der Waals surface area contributed by atoms with Crippen molar-refractivity contribution in [1.82, 2.24) is 34.8 Å². The number of hydrazine groups is 1. The molecule has 13 nitrogen and oxygen atoms in total. The lowest BCUT2D eigenvalue weighted by atomic mass is 10.3. The lowest BCUT2D eigenvalue weighted by Crippen LogP contribution is -2.53. The van der Waals surface area contributed by atoms with E-state index >= 15 is 0 Å². The van der Waals surface area contributed by atoms with Crippen LogP contribution in [0, 0.1) is 6.92 Å². The molecule has 5 rings (SSSR count). The van der Waals surface area contributed by atoms with Crippen LogP contribution >= 0.6 is 11.3 Å². The van der Waals surface area contributed by atoms with E-state index in [1.54, 1.807) is 13.8 Å². The summed E-state index contributed by atoms with van der Waals surface area (Å²) in [5.74, 6) is 1.72. The molecule has 3 saturated heterocycles. The van der Waals surface area contributed by atoms with Gasteiger partial charge in [-0.15, -0.1) is 0 Å². The predicted molar refractivity (Wildman–Crippen MR) is 156 cm³/mol. The predicted octanol–water partition coefficient (Wildman–Crippen LogP) is 2.10. The summed E-state index contributed by atoms with van der Waals surface area (Å²) in [5, 5.41) is 8.23. The van der Waals surface area contributed by atoms with Crippen molar-refractivity contribution in [2.24, 2.45) is 0 Å². The lowest BCUT2D eigenvalue weighted by molar-refractivity contribution is 0.0200. The van der Waals surface area contributed by atoms with E-state index in [9.17, 15) is 9.59 Å². The number of rotatable bonds is 7. The lowest BCUT2D eigenvalue weighted by Gasteiger charge is -2.39.